The lowest BCUT2D eigenvalue weighted by Crippen LogP contribution is -2.51. The van der Waals surface area contributed by atoms with Gasteiger partial charge in [-0.2, -0.15) is 0 Å². The van der Waals surface area contributed by atoms with Crippen LogP contribution in [0.4, 0.5) is 0 Å². The Kier molecular flexibility index (Phi) is 4.78. The van der Waals surface area contributed by atoms with Crippen molar-refractivity contribution in [2.24, 2.45) is 5.41 Å². The fourth-order valence-corrected chi connectivity index (χ4v) is 4.43. The van der Waals surface area contributed by atoms with E-state index in [1.54, 1.807) is 0 Å². The van der Waals surface area contributed by atoms with Crippen LogP contribution >= 0.6 is 0 Å². The molecule has 0 heterocycles. The summed E-state index contributed by atoms with van der Waals surface area (Å²) in [6.07, 6.45) is 11.2. The first kappa shape index (κ1) is 15.8. The van der Waals surface area contributed by atoms with Crippen molar-refractivity contribution in [2.45, 2.75) is 90.1 Å². The molecule has 2 aliphatic carbocycles. The summed E-state index contributed by atoms with van der Waals surface area (Å²) in [5.74, 6) is -0.678. The van der Waals surface area contributed by atoms with E-state index in [2.05, 4.69) is 25.7 Å². The van der Waals surface area contributed by atoms with Crippen LogP contribution in [0.25, 0.3) is 0 Å². The minimum atomic E-state index is -0.678. The molecule has 3 nitrogen and oxygen atoms in total. The van der Waals surface area contributed by atoms with Gasteiger partial charge in [0.25, 0.3) is 0 Å². The first-order chi connectivity index (χ1) is 9.32. The molecule has 0 bridgehead atoms. The maximum Gasteiger partial charge on any atom is 0.304 e. The largest absolute Gasteiger partial charge is 0.481 e. The van der Waals surface area contributed by atoms with Gasteiger partial charge in [0.15, 0.2) is 0 Å². The highest BCUT2D eigenvalue weighted by molar-refractivity contribution is 5.66. The minimum absolute atomic E-state index is 0.0697. The molecule has 2 rings (SSSR count). The monoisotopic (exact) mass is 281 g/mol. The van der Waals surface area contributed by atoms with Crippen molar-refractivity contribution >= 4 is 5.97 Å². The van der Waals surface area contributed by atoms with Gasteiger partial charge in [0, 0.05) is 18.1 Å². The maximum absolute atomic E-state index is 10.9. The quantitative estimate of drug-likeness (QED) is 0.844. The minimum Gasteiger partial charge on any atom is -0.481 e. The molecule has 0 atom stereocenters. The lowest BCUT2D eigenvalue weighted by Gasteiger charge is -2.47. The molecule has 0 unspecified atom stereocenters. The number of carboxylic acid groups (broad SMARTS) is 1. The molecule has 3 heteroatoms. The smallest absolute Gasteiger partial charge is 0.304 e. The van der Waals surface area contributed by atoms with E-state index in [9.17, 15) is 4.79 Å². The van der Waals surface area contributed by atoms with Crippen LogP contribution in [0.2, 0.25) is 0 Å². The Bertz CT molecular complexity index is 329. The van der Waals surface area contributed by atoms with Gasteiger partial charge in [-0.05, 0) is 64.7 Å². The fraction of sp³-hybridized carbons (Fsp3) is 0.941. The van der Waals surface area contributed by atoms with E-state index >= 15 is 0 Å². The summed E-state index contributed by atoms with van der Waals surface area (Å²) >= 11 is 0. The number of nitrogens with zero attached hydrogens (tertiary/aromatic N) is 1. The molecule has 0 aromatic rings. The summed E-state index contributed by atoms with van der Waals surface area (Å²) in [6.45, 7) is 7.34. The van der Waals surface area contributed by atoms with E-state index < -0.39 is 5.97 Å². The van der Waals surface area contributed by atoms with E-state index in [1.807, 2.05) is 0 Å². The van der Waals surface area contributed by atoms with Crippen molar-refractivity contribution in [1.82, 2.24) is 4.90 Å². The van der Waals surface area contributed by atoms with Crippen molar-refractivity contribution < 1.29 is 9.90 Å². The molecule has 0 aliphatic heterocycles. The van der Waals surface area contributed by atoms with E-state index in [-0.39, 0.29) is 12.0 Å². The zero-order valence-corrected chi connectivity index (χ0v) is 13.5. The van der Waals surface area contributed by atoms with Gasteiger partial charge in [0.1, 0.15) is 0 Å². The number of carboxylic acids is 1. The van der Waals surface area contributed by atoms with Gasteiger partial charge in [0.05, 0.1) is 6.42 Å². The second kappa shape index (κ2) is 6.05. The van der Waals surface area contributed by atoms with Crippen molar-refractivity contribution in [3.8, 4) is 0 Å². The molecule has 0 aromatic carbocycles. The molecular weight excluding hydrogens is 250 g/mol. The molecular formula is C17H31NO2. The Morgan fingerprint density at radius 1 is 1.15 bits per heavy atom. The number of hydrogen-bond donors (Lipinski definition) is 1. The molecule has 1 N–H and O–H groups in total. The van der Waals surface area contributed by atoms with Gasteiger partial charge in [0.2, 0.25) is 0 Å². The number of aliphatic carboxylic acids is 1. The van der Waals surface area contributed by atoms with Gasteiger partial charge in [-0.15, -0.1) is 0 Å². The summed E-state index contributed by atoms with van der Waals surface area (Å²) < 4.78 is 0. The summed E-state index contributed by atoms with van der Waals surface area (Å²) in [7, 11) is 0. The number of rotatable bonds is 4. The highest BCUT2D eigenvalue weighted by Gasteiger charge is 2.40. The van der Waals surface area contributed by atoms with Crippen LogP contribution in [0, 0.1) is 5.41 Å². The first-order valence-corrected chi connectivity index (χ1v) is 8.31. The van der Waals surface area contributed by atoms with Gasteiger partial charge in [-0.3, -0.25) is 9.69 Å². The van der Waals surface area contributed by atoms with Crippen molar-refractivity contribution in [1.29, 1.82) is 0 Å². The predicted molar refractivity (Wildman–Crippen MR) is 81.9 cm³/mol. The summed E-state index contributed by atoms with van der Waals surface area (Å²) in [6, 6.07) is 0.584. The first-order valence-electron chi connectivity index (χ1n) is 8.31. The van der Waals surface area contributed by atoms with Crippen LogP contribution in [0.15, 0.2) is 0 Å². The molecule has 2 aliphatic rings. The number of carbonyl (C=O) groups is 1. The number of hydrogen-bond acceptors (Lipinski definition) is 2. The second-order valence-corrected chi connectivity index (χ2v) is 7.95. The Morgan fingerprint density at radius 2 is 1.70 bits per heavy atom. The van der Waals surface area contributed by atoms with Gasteiger partial charge >= 0.3 is 5.97 Å². The van der Waals surface area contributed by atoms with Crippen molar-refractivity contribution in [3.63, 3.8) is 0 Å². The van der Waals surface area contributed by atoms with Crippen LogP contribution < -0.4 is 0 Å². The van der Waals surface area contributed by atoms with Gasteiger partial charge < -0.3 is 5.11 Å². The second-order valence-electron chi connectivity index (χ2n) is 7.95. The third-order valence-corrected chi connectivity index (χ3v) is 5.55. The van der Waals surface area contributed by atoms with Gasteiger partial charge in [-0.25, -0.2) is 0 Å². The molecule has 0 saturated heterocycles. The Hall–Kier alpha value is -0.570. The normalized spacial score (nSPS) is 23.6. The zero-order chi connectivity index (χ0) is 14.8. The van der Waals surface area contributed by atoms with Crippen LogP contribution in [0.1, 0.15) is 78.6 Å². The Balaban J connectivity index is 1.95. The standard InChI is InChI=1S/C17H31NO2/c1-16(2,3)18(13-8-15(19)20)14-6-11-17(12-7-14)9-4-5-10-17/h14H,4-13H2,1-3H3,(H,19,20). The predicted octanol–water partition coefficient (Wildman–Crippen LogP) is 4.06. The highest BCUT2D eigenvalue weighted by atomic mass is 16.4. The molecule has 20 heavy (non-hydrogen) atoms. The fourth-order valence-electron chi connectivity index (χ4n) is 4.43. The molecule has 2 fully saturated rings. The van der Waals surface area contributed by atoms with Crippen molar-refractivity contribution in [2.75, 3.05) is 6.54 Å². The summed E-state index contributed by atoms with van der Waals surface area (Å²) in [5, 5.41) is 8.97. The average molecular weight is 281 g/mol. The highest BCUT2D eigenvalue weighted by Crippen LogP contribution is 2.50. The molecule has 0 radical (unpaired) electrons. The van der Waals surface area contributed by atoms with E-state index in [4.69, 9.17) is 5.11 Å². The molecule has 0 aromatic heterocycles. The topological polar surface area (TPSA) is 40.5 Å². The van der Waals surface area contributed by atoms with E-state index in [0.717, 1.165) is 0 Å². The molecule has 1 spiro atoms. The van der Waals surface area contributed by atoms with Crippen LogP contribution in [0.3, 0.4) is 0 Å². The SMILES string of the molecule is CC(C)(C)N(CCC(=O)O)C1CCC2(CCCC2)CC1. The molecule has 2 saturated carbocycles. The third-order valence-electron chi connectivity index (χ3n) is 5.55. The zero-order valence-electron chi connectivity index (χ0n) is 13.5. The van der Waals surface area contributed by atoms with Crippen LogP contribution in [-0.4, -0.2) is 34.1 Å². The van der Waals surface area contributed by atoms with E-state index in [1.165, 1.54) is 51.4 Å². The molecule has 0 amide bonds. The van der Waals surface area contributed by atoms with Crippen LogP contribution in [-0.2, 0) is 4.79 Å². The maximum atomic E-state index is 10.9. The summed E-state index contributed by atoms with van der Waals surface area (Å²) in [5.41, 5.74) is 0.729. The lowest BCUT2D eigenvalue weighted by atomic mass is 9.70. The van der Waals surface area contributed by atoms with Gasteiger partial charge in [-0.1, -0.05) is 12.8 Å². The summed E-state index contributed by atoms with van der Waals surface area (Å²) in [4.78, 5) is 13.3. The van der Waals surface area contributed by atoms with Crippen LogP contribution in [0.5, 0.6) is 0 Å². The van der Waals surface area contributed by atoms with E-state index in [0.29, 0.717) is 18.0 Å². The lowest BCUT2D eigenvalue weighted by molar-refractivity contribution is -0.138. The molecule has 116 valence electrons. The Morgan fingerprint density at radius 3 is 2.15 bits per heavy atom. The van der Waals surface area contributed by atoms with Crippen molar-refractivity contribution in [3.05, 3.63) is 0 Å². The third kappa shape index (κ3) is 3.75. The Labute approximate surface area is 123 Å². The average Bonchev–Trinajstić information content (AvgIpc) is 2.78.